The lowest BCUT2D eigenvalue weighted by molar-refractivity contribution is 0.0379. The van der Waals surface area contributed by atoms with Gasteiger partial charge in [0.25, 0.3) is 0 Å². The van der Waals surface area contributed by atoms with Crippen molar-refractivity contribution in [2.24, 2.45) is 0 Å². The maximum atomic E-state index is 12.7. The molecule has 0 aliphatic carbocycles. The number of ether oxygens (including phenoxy) is 1. The molecule has 1 fully saturated rings. The van der Waals surface area contributed by atoms with Crippen LogP contribution in [-0.2, 0) is 0 Å². The molecule has 118 valence electrons. The molecule has 1 N–H and O–H groups in total. The smallest absolute Gasteiger partial charge is 0.325 e. The summed E-state index contributed by atoms with van der Waals surface area (Å²) in [5.74, 6) is 0.769. The Morgan fingerprint density at radius 3 is 2.91 bits per heavy atom. The molecule has 2 aliphatic heterocycles. The van der Waals surface area contributed by atoms with Crippen molar-refractivity contribution in [1.29, 1.82) is 0 Å². The number of anilines is 1. The number of carbonyl (C=O) groups excluding carboxylic acids is 1. The molecular weight excluding hydrogens is 312 g/mol. The average molecular weight is 329 g/mol. The van der Waals surface area contributed by atoms with Gasteiger partial charge in [-0.2, -0.15) is 0 Å². The van der Waals surface area contributed by atoms with Crippen LogP contribution in [0.5, 0.6) is 5.75 Å². The predicted octanol–water partition coefficient (Wildman–Crippen LogP) is 4.42. The van der Waals surface area contributed by atoms with E-state index in [1.54, 1.807) is 4.90 Å². The Labute approximate surface area is 140 Å². The molecule has 23 heavy (non-hydrogen) atoms. The van der Waals surface area contributed by atoms with Crippen molar-refractivity contribution < 1.29 is 9.53 Å². The molecule has 2 bridgehead atoms. The molecule has 4 rings (SSSR count). The SMILES string of the molecule is Cc1cccc(N2C(=O)N[C@@H]3C[C@]2(C)Oc2ccc(Cl)cc23)c1. The van der Waals surface area contributed by atoms with Crippen molar-refractivity contribution in [2.45, 2.75) is 32.0 Å². The van der Waals surface area contributed by atoms with Crippen molar-refractivity contribution in [2.75, 3.05) is 4.90 Å². The second-order valence-electron chi connectivity index (χ2n) is 6.34. The molecule has 2 heterocycles. The average Bonchev–Trinajstić information content (AvgIpc) is 2.47. The monoisotopic (exact) mass is 328 g/mol. The lowest BCUT2D eigenvalue weighted by Gasteiger charge is -2.50. The van der Waals surface area contributed by atoms with Crippen molar-refractivity contribution in [1.82, 2.24) is 5.32 Å². The lowest BCUT2D eigenvalue weighted by atomic mass is 9.90. The zero-order valence-corrected chi connectivity index (χ0v) is 13.7. The van der Waals surface area contributed by atoms with E-state index < -0.39 is 5.72 Å². The zero-order chi connectivity index (χ0) is 16.2. The largest absolute Gasteiger partial charge is 0.467 e. The number of rotatable bonds is 1. The van der Waals surface area contributed by atoms with E-state index >= 15 is 0 Å². The third-order valence-electron chi connectivity index (χ3n) is 4.49. The van der Waals surface area contributed by atoms with Crippen LogP contribution in [0.1, 0.15) is 30.5 Å². The quantitative estimate of drug-likeness (QED) is 0.842. The number of nitrogens with zero attached hydrogens (tertiary/aromatic N) is 1. The van der Waals surface area contributed by atoms with Crippen LogP contribution in [0.15, 0.2) is 42.5 Å². The number of amides is 2. The minimum Gasteiger partial charge on any atom is -0.467 e. The number of hydrogen-bond donors (Lipinski definition) is 1. The van der Waals surface area contributed by atoms with Gasteiger partial charge in [0.2, 0.25) is 0 Å². The van der Waals surface area contributed by atoms with Crippen LogP contribution < -0.4 is 15.0 Å². The summed E-state index contributed by atoms with van der Waals surface area (Å²) < 4.78 is 6.23. The van der Waals surface area contributed by atoms with E-state index in [4.69, 9.17) is 16.3 Å². The first kappa shape index (κ1) is 14.4. The molecule has 0 radical (unpaired) electrons. The summed E-state index contributed by atoms with van der Waals surface area (Å²) in [4.78, 5) is 14.4. The van der Waals surface area contributed by atoms with Crippen molar-refractivity contribution in [3.8, 4) is 5.75 Å². The van der Waals surface area contributed by atoms with Gasteiger partial charge in [-0.3, -0.25) is 4.90 Å². The number of hydrogen-bond acceptors (Lipinski definition) is 2. The maximum Gasteiger partial charge on any atom is 0.325 e. The van der Waals surface area contributed by atoms with Gasteiger partial charge in [-0.05, 0) is 49.7 Å². The first-order chi connectivity index (χ1) is 11.0. The summed E-state index contributed by atoms with van der Waals surface area (Å²) in [5.41, 5.74) is 2.15. The number of aryl methyl sites for hydroxylation is 1. The number of halogens is 1. The van der Waals surface area contributed by atoms with Gasteiger partial charge in [0.15, 0.2) is 5.72 Å². The molecule has 1 saturated heterocycles. The summed E-state index contributed by atoms with van der Waals surface area (Å²) in [7, 11) is 0. The van der Waals surface area contributed by atoms with E-state index in [0.29, 0.717) is 11.4 Å². The number of nitrogens with one attached hydrogen (secondary N) is 1. The van der Waals surface area contributed by atoms with Crippen LogP contribution in [0.4, 0.5) is 10.5 Å². The van der Waals surface area contributed by atoms with E-state index in [2.05, 4.69) is 5.32 Å². The molecule has 0 saturated carbocycles. The van der Waals surface area contributed by atoms with E-state index in [1.165, 1.54) is 0 Å². The first-order valence-corrected chi connectivity index (χ1v) is 8.00. The summed E-state index contributed by atoms with van der Waals surface area (Å²) in [5, 5.41) is 3.72. The minimum atomic E-state index is -0.721. The Morgan fingerprint density at radius 2 is 2.13 bits per heavy atom. The molecule has 0 aromatic heterocycles. The Bertz CT molecular complexity index is 807. The standard InChI is InChI=1S/C18H17ClN2O2/c1-11-4-3-5-13(8-11)21-17(22)20-15-10-18(21,2)23-16-7-6-12(19)9-14(15)16/h3-9,15H,10H2,1-2H3,(H,20,22)/t15-,18+/m1/s1. The van der Waals surface area contributed by atoms with Crippen LogP contribution >= 0.6 is 11.6 Å². The van der Waals surface area contributed by atoms with E-state index in [-0.39, 0.29) is 12.1 Å². The molecule has 4 nitrogen and oxygen atoms in total. The summed E-state index contributed by atoms with van der Waals surface area (Å²) in [6.07, 6.45) is 0.667. The van der Waals surface area contributed by atoms with Gasteiger partial charge in [-0.1, -0.05) is 23.7 Å². The van der Waals surface area contributed by atoms with Gasteiger partial charge in [0.05, 0.1) is 6.04 Å². The lowest BCUT2D eigenvalue weighted by Crippen LogP contribution is -2.65. The molecule has 2 aliphatic rings. The normalized spacial score (nSPS) is 25.4. The highest BCUT2D eigenvalue weighted by atomic mass is 35.5. The Morgan fingerprint density at radius 1 is 1.30 bits per heavy atom. The molecule has 2 atom stereocenters. The van der Waals surface area contributed by atoms with E-state index in [9.17, 15) is 4.79 Å². The molecular formula is C18H17ClN2O2. The second-order valence-corrected chi connectivity index (χ2v) is 6.78. The number of benzene rings is 2. The summed E-state index contributed by atoms with van der Waals surface area (Å²) >= 11 is 6.09. The van der Waals surface area contributed by atoms with Crippen LogP contribution in [0, 0.1) is 6.92 Å². The van der Waals surface area contributed by atoms with Crippen LogP contribution in [0.25, 0.3) is 0 Å². The molecule has 2 aromatic rings. The van der Waals surface area contributed by atoms with Gasteiger partial charge in [-0.25, -0.2) is 4.79 Å². The van der Waals surface area contributed by atoms with Gasteiger partial charge in [0, 0.05) is 22.7 Å². The fourth-order valence-electron chi connectivity index (χ4n) is 3.50. The highest BCUT2D eigenvalue weighted by molar-refractivity contribution is 6.30. The van der Waals surface area contributed by atoms with Gasteiger partial charge < -0.3 is 10.1 Å². The van der Waals surface area contributed by atoms with Crippen molar-refractivity contribution >= 4 is 23.3 Å². The Balaban J connectivity index is 1.81. The highest BCUT2D eigenvalue weighted by Crippen LogP contribution is 2.46. The van der Waals surface area contributed by atoms with E-state index in [0.717, 1.165) is 22.6 Å². The van der Waals surface area contributed by atoms with Gasteiger partial charge in [0.1, 0.15) is 5.75 Å². The van der Waals surface area contributed by atoms with Crippen molar-refractivity contribution in [3.63, 3.8) is 0 Å². The molecule has 2 aromatic carbocycles. The Hall–Kier alpha value is -2.20. The van der Waals surface area contributed by atoms with Crippen LogP contribution in [0.2, 0.25) is 5.02 Å². The summed E-state index contributed by atoms with van der Waals surface area (Å²) in [6, 6.07) is 13.2. The van der Waals surface area contributed by atoms with Gasteiger partial charge in [-0.15, -0.1) is 0 Å². The third kappa shape index (κ3) is 2.25. The third-order valence-corrected chi connectivity index (χ3v) is 4.73. The van der Waals surface area contributed by atoms with Crippen LogP contribution in [-0.4, -0.2) is 11.8 Å². The molecule has 2 amide bonds. The van der Waals surface area contributed by atoms with Crippen LogP contribution in [0.3, 0.4) is 0 Å². The maximum absolute atomic E-state index is 12.7. The highest BCUT2D eigenvalue weighted by Gasteiger charge is 2.49. The Kier molecular flexibility index (Phi) is 3.07. The van der Waals surface area contributed by atoms with Crippen molar-refractivity contribution in [3.05, 3.63) is 58.6 Å². The number of fused-ring (bicyclic) bond motifs is 4. The number of carbonyl (C=O) groups is 1. The molecule has 0 spiro atoms. The minimum absolute atomic E-state index is 0.0870. The zero-order valence-electron chi connectivity index (χ0n) is 13.0. The number of urea groups is 1. The first-order valence-electron chi connectivity index (χ1n) is 7.62. The molecule has 0 unspecified atom stereocenters. The predicted molar refractivity (Wildman–Crippen MR) is 90.0 cm³/mol. The second kappa shape index (κ2) is 4.90. The fraction of sp³-hybridized carbons (Fsp3) is 0.278. The molecule has 5 heteroatoms. The van der Waals surface area contributed by atoms with Gasteiger partial charge >= 0.3 is 6.03 Å². The fourth-order valence-corrected chi connectivity index (χ4v) is 3.68. The topological polar surface area (TPSA) is 41.6 Å². The van der Waals surface area contributed by atoms with E-state index in [1.807, 2.05) is 56.3 Å². The summed E-state index contributed by atoms with van der Waals surface area (Å²) in [6.45, 7) is 3.97.